The average Bonchev–Trinajstić information content (AvgIpc) is 3.23. The van der Waals surface area contributed by atoms with E-state index in [1.807, 2.05) is 0 Å². The van der Waals surface area contributed by atoms with Crippen molar-refractivity contribution in [3.63, 3.8) is 0 Å². The summed E-state index contributed by atoms with van der Waals surface area (Å²) in [6.07, 6.45) is 2.55. The summed E-state index contributed by atoms with van der Waals surface area (Å²) < 4.78 is 0. The van der Waals surface area contributed by atoms with Gasteiger partial charge in [0.05, 0.1) is 12.1 Å². The third-order valence-corrected chi connectivity index (χ3v) is 4.63. The van der Waals surface area contributed by atoms with Gasteiger partial charge in [-0.05, 0) is 25.3 Å². The van der Waals surface area contributed by atoms with Crippen molar-refractivity contribution in [1.82, 2.24) is 15.1 Å². The summed E-state index contributed by atoms with van der Waals surface area (Å²) in [7, 11) is 0. The fourth-order valence-corrected chi connectivity index (χ4v) is 3.39. The maximum absolute atomic E-state index is 9.97. The van der Waals surface area contributed by atoms with Gasteiger partial charge < -0.3 is 15.3 Å². The van der Waals surface area contributed by atoms with E-state index in [0.29, 0.717) is 12.0 Å². The van der Waals surface area contributed by atoms with E-state index in [4.69, 9.17) is 0 Å². The third-order valence-electron chi connectivity index (χ3n) is 4.63. The van der Waals surface area contributed by atoms with Crippen LogP contribution in [0.15, 0.2) is 0 Å². The zero-order chi connectivity index (χ0) is 13.9. The molecule has 0 aromatic carbocycles. The topological polar surface area (TPSA) is 38.7 Å². The number of hydrogen-bond acceptors (Lipinski definition) is 4. The number of likely N-dealkylation sites (N-methyl/N-ethyl adjacent to an activating group) is 1. The van der Waals surface area contributed by atoms with Crippen LogP contribution in [0.1, 0.15) is 33.6 Å². The second kappa shape index (κ2) is 6.53. The van der Waals surface area contributed by atoms with Gasteiger partial charge in [0.25, 0.3) is 0 Å². The van der Waals surface area contributed by atoms with Crippen molar-refractivity contribution in [3.05, 3.63) is 0 Å². The molecule has 112 valence electrons. The molecule has 1 aliphatic heterocycles. The van der Waals surface area contributed by atoms with Crippen LogP contribution in [-0.4, -0.2) is 72.4 Å². The van der Waals surface area contributed by atoms with Crippen LogP contribution in [0, 0.1) is 5.92 Å². The normalized spacial score (nSPS) is 25.7. The lowest BCUT2D eigenvalue weighted by molar-refractivity contribution is 0.0567. The molecular formula is C15H31N3O. The Morgan fingerprint density at radius 3 is 2.16 bits per heavy atom. The predicted octanol–water partition coefficient (Wildman–Crippen LogP) is 0.763. The van der Waals surface area contributed by atoms with Crippen LogP contribution in [0.25, 0.3) is 0 Å². The van der Waals surface area contributed by atoms with Crippen LogP contribution < -0.4 is 5.32 Å². The Bertz CT molecular complexity index is 273. The summed E-state index contributed by atoms with van der Waals surface area (Å²) in [4.78, 5) is 5.04. The van der Waals surface area contributed by atoms with Gasteiger partial charge in [0, 0.05) is 38.8 Å². The third kappa shape index (κ3) is 3.91. The molecule has 2 N–H and O–H groups in total. The highest BCUT2D eigenvalue weighted by Crippen LogP contribution is 2.40. The smallest absolute Gasteiger partial charge is 0.0628 e. The molecule has 2 fully saturated rings. The first-order valence-electron chi connectivity index (χ1n) is 7.93. The van der Waals surface area contributed by atoms with Crippen molar-refractivity contribution in [2.24, 2.45) is 5.92 Å². The zero-order valence-electron chi connectivity index (χ0n) is 12.9. The Hall–Kier alpha value is -0.160. The Morgan fingerprint density at radius 1 is 1.16 bits per heavy atom. The summed E-state index contributed by atoms with van der Waals surface area (Å²) in [5.41, 5.74) is -0.0669. The molecule has 1 unspecified atom stereocenters. The van der Waals surface area contributed by atoms with Gasteiger partial charge in [-0.25, -0.2) is 0 Å². The molecule has 1 saturated carbocycles. The van der Waals surface area contributed by atoms with E-state index < -0.39 is 0 Å². The first-order valence-corrected chi connectivity index (χ1v) is 7.93. The van der Waals surface area contributed by atoms with Crippen molar-refractivity contribution >= 4 is 0 Å². The summed E-state index contributed by atoms with van der Waals surface area (Å²) in [6, 6.07) is 0.435. The maximum Gasteiger partial charge on any atom is 0.0628 e. The summed E-state index contributed by atoms with van der Waals surface area (Å²) in [5, 5.41) is 13.6. The van der Waals surface area contributed by atoms with E-state index in [1.165, 1.54) is 25.9 Å². The second-order valence-corrected chi connectivity index (χ2v) is 6.60. The first-order chi connectivity index (χ1) is 9.09. The minimum absolute atomic E-state index is 0.0669. The highest BCUT2D eigenvalue weighted by molar-refractivity contribution is 5.03. The molecule has 4 nitrogen and oxygen atoms in total. The van der Waals surface area contributed by atoms with Gasteiger partial charge in [0.1, 0.15) is 0 Å². The first kappa shape index (κ1) is 15.2. The van der Waals surface area contributed by atoms with E-state index in [2.05, 4.69) is 35.9 Å². The summed E-state index contributed by atoms with van der Waals surface area (Å²) in [5.74, 6) is 0.670. The fourth-order valence-electron chi connectivity index (χ4n) is 3.39. The largest absolute Gasteiger partial charge is 0.394 e. The average molecular weight is 269 g/mol. The standard InChI is InChI=1S/C15H31N3O/c1-4-17-7-9-18(10-8-17)11-15(12-19,14-5-6-14)16-13(2)3/h13-14,16,19H,4-12H2,1-3H3. The molecule has 0 amide bonds. The van der Waals surface area contributed by atoms with Gasteiger partial charge in [-0.1, -0.05) is 20.8 Å². The van der Waals surface area contributed by atoms with Gasteiger partial charge >= 0.3 is 0 Å². The Kier molecular flexibility index (Phi) is 5.23. The molecular weight excluding hydrogens is 238 g/mol. The van der Waals surface area contributed by atoms with Gasteiger partial charge in [-0.3, -0.25) is 4.90 Å². The van der Waals surface area contributed by atoms with Gasteiger partial charge in [0.2, 0.25) is 0 Å². The minimum Gasteiger partial charge on any atom is -0.394 e. The van der Waals surface area contributed by atoms with E-state index >= 15 is 0 Å². The molecule has 0 bridgehead atoms. The Morgan fingerprint density at radius 2 is 1.74 bits per heavy atom. The molecule has 1 atom stereocenters. The monoisotopic (exact) mass is 269 g/mol. The fraction of sp³-hybridized carbons (Fsp3) is 1.00. The van der Waals surface area contributed by atoms with Crippen LogP contribution in [0.3, 0.4) is 0 Å². The molecule has 0 spiro atoms. The van der Waals surface area contributed by atoms with E-state index in [-0.39, 0.29) is 12.1 Å². The minimum atomic E-state index is -0.0669. The molecule has 0 radical (unpaired) electrons. The number of hydrogen-bond donors (Lipinski definition) is 2. The van der Waals surface area contributed by atoms with E-state index in [1.54, 1.807) is 0 Å². The number of rotatable bonds is 7. The van der Waals surface area contributed by atoms with E-state index in [9.17, 15) is 5.11 Å². The molecule has 1 saturated heterocycles. The maximum atomic E-state index is 9.97. The lowest BCUT2D eigenvalue weighted by Gasteiger charge is -2.42. The summed E-state index contributed by atoms with van der Waals surface area (Å²) in [6.45, 7) is 13.7. The highest BCUT2D eigenvalue weighted by atomic mass is 16.3. The number of piperazine rings is 1. The molecule has 1 aliphatic carbocycles. The number of nitrogens with zero attached hydrogens (tertiary/aromatic N) is 2. The predicted molar refractivity (Wildman–Crippen MR) is 79.4 cm³/mol. The van der Waals surface area contributed by atoms with Crippen LogP contribution in [-0.2, 0) is 0 Å². The molecule has 0 aromatic heterocycles. The highest BCUT2D eigenvalue weighted by Gasteiger charge is 2.46. The van der Waals surface area contributed by atoms with E-state index in [0.717, 1.165) is 26.2 Å². The van der Waals surface area contributed by atoms with Crippen molar-refractivity contribution in [2.45, 2.75) is 45.2 Å². The van der Waals surface area contributed by atoms with Crippen LogP contribution in [0.4, 0.5) is 0 Å². The Labute approximate surface area is 118 Å². The van der Waals surface area contributed by atoms with Crippen molar-refractivity contribution in [2.75, 3.05) is 45.9 Å². The van der Waals surface area contributed by atoms with Crippen molar-refractivity contribution in [1.29, 1.82) is 0 Å². The molecule has 0 aromatic rings. The number of aliphatic hydroxyl groups excluding tert-OH is 1. The molecule has 4 heteroatoms. The summed E-state index contributed by atoms with van der Waals surface area (Å²) >= 11 is 0. The van der Waals surface area contributed by atoms with Gasteiger partial charge in [-0.15, -0.1) is 0 Å². The lowest BCUT2D eigenvalue weighted by atomic mass is 9.92. The van der Waals surface area contributed by atoms with Crippen molar-refractivity contribution in [3.8, 4) is 0 Å². The second-order valence-electron chi connectivity index (χ2n) is 6.60. The van der Waals surface area contributed by atoms with Gasteiger partial charge in [-0.2, -0.15) is 0 Å². The van der Waals surface area contributed by atoms with Crippen LogP contribution in [0.5, 0.6) is 0 Å². The number of nitrogens with one attached hydrogen (secondary N) is 1. The molecule has 19 heavy (non-hydrogen) atoms. The quantitative estimate of drug-likeness (QED) is 0.716. The Balaban J connectivity index is 1.92. The van der Waals surface area contributed by atoms with Gasteiger partial charge in [0.15, 0.2) is 0 Å². The number of aliphatic hydroxyl groups is 1. The SMILES string of the molecule is CCN1CCN(CC(CO)(NC(C)C)C2CC2)CC1. The van der Waals surface area contributed by atoms with Crippen LogP contribution >= 0.6 is 0 Å². The molecule has 1 heterocycles. The van der Waals surface area contributed by atoms with Crippen LogP contribution in [0.2, 0.25) is 0 Å². The van der Waals surface area contributed by atoms with Crippen molar-refractivity contribution < 1.29 is 5.11 Å². The zero-order valence-corrected chi connectivity index (χ0v) is 12.9. The molecule has 2 rings (SSSR count). The lowest BCUT2D eigenvalue weighted by Crippen LogP contribution is -2.62. The molecule has 2 aliphatic rings.